The molecule has 1 atom stereocenters. The first-order valence-electron chi connectivity index (χ1n) is 5.00. The maximum absolute atomic E-state index is 14.1. The lowest BCUT2D eigenvalue weighted by Crippen LogP contribution is -2.25. The molecular formula is C12H15FS. The number of hydrogen-bond acceptors (Lipinski definition) is 1. The van der Waals surface area contributed by atoms with Crippen LogP contribution < -0.4 is 0 Å². The molecule has 2 heteroatoms. The summed E-state index contributed by atoms with van der Waals surface area (Å²) in [6.45, 7) is 2.05. The lowest BCUT2D eigenvalue weighted by molar-refractivity contribution is 0.199. The second kappa shape index (κ2) is 3.93. The molecular weight excluding hydrogens is 195 g/mol. The number of benzene rings is 1. The van der Waals surface area contributed by atoms with E-state index in [1.54, 1.807) is 11.8 Å². The van der Waals surface area contributed by atoms with Crippen molar-refractivity contribution in [1.29, 1.82) is 0 Å². The topological polar surface area (TPSA) is 0 Å². The first-order valence-corrected chi connectivity index (χ1v) is 6.16. The van der Waals surface area contributed by atoms with E-state index in [1.165, 1.54) is 5.56 Å². The third-order valence-electron chi connectivity index (χ3n) is 2.66. The van der Waals surface area contributed by atoms with Crippen molar-refractivity contribution in [3.05, 3.63) is 35.4 Å². The predicted molar refractivity (Wildman–Crippen MR) is 60.7 cm³/mol. The molecule has 14 heavy (non-hydrogen) atoms. The lowest BCUT2D eigenvalue weighted by Gasteiger charge is -2.18. The van der Waals surface area contributed by atoms with Crippen molar-refractivity contribution in [1.82, 2.24) is 0 Å². The Morgan fingerprint density at radius 3 is 3.00 bits per heavy atom. The maximum Gasteiger partial charge on any atom is 0.124 e. The summed E-state index contributed by atoms with van der Waals surface area (Å²) in [4.78, 5) is 0. The van der Waals surface area contributed by atoms with Crippen molar-refractivity contribution < 1.29 is 4.39 Å². The molecule has 0 aromatic heterocycles. The fourth-order valence-corrected chi connectivity index (χ4v) is 3.18. The van der Waals surface area contributed by atoms with Gasteiger partial charge >= 0.3 is 0 Å². The zero-order valence-electron chi connectivity index (χ0n) is 8.42. The van der Waals surface area contributed by atoms with Crippen LogP contribution in [0.5, 0.6) is 0 Å². The molecule has 1 heterocycles. The molecule has 0 radical (unpaired) electrons. The summed E-state index contributed by atoms with van der Waals surface area (Å²) in [5.74, 6) is 1.64. The quantitative estimate of drug-likeness (QED) is 0.721. The van der Waals surface area contributed by atoms with Crippen LogP contribution in [-0.2, 0) is 6.42 Å². The SMILES string of the molecule is Cc1cccc(CC2(F)CCSC2)c1. The number of hydrogen-bond donors (Lipinski definition) is 0. The minimum absolute atomic E-state index is 0.585. The molecule has 0 nitrogen and oxygen atoms in total. The van der Waals surface area contributed by atoms with E-state index in [1.807, 2.05) is 12.1 Å². The molecule has 0 spiro atoms. The molecule has 0 amide bonds. The van der Waals surface area contributed by atoms with Gasteiger partial charge in [0.2, 0.25) is 0 Å². The second-order valence-corrected chi connectivity index (χ2v) is 5.22. The summed E-state index contributed by atoms with van der Waals surface area (Å²) in [5.41, 5.74) is 1.41. The molecule has 1 fully saturated rings. The zero-order valence-corrected chi connectivity index (χ0v) is 9.24. The summed E-state index contributed by atoms with van der Waals surface area (Å²) in [6, 6.07) is 8.18. The van der Waals surface area contributed by atoms with E-state index in [4.69, 9.17) is 0 Å². The number of thioether (sulfide) groups is 1. The van der Waals surface area contributed by atoms with Gasteiger partial charge in [0.1, 0.15) is 5.67 Å². The molecule has 1 saturated heterocycles. The Hall–Kier alpha value is -0.500. The minimum Gasteiger partial charge on any atom is -0.243 e. The van der Waals surface area contributed by atoms with Crippen LogP contribution in [0.1, 0.15) is 17.5 Å². The van der Waals surface area contributed by atoms with Crippen LogP contribution in [-0.4, -0.2) is 17.2 Å². The van der Waals surface area contributed by atoms with Crippen molar-refractivity contribution in [3.8, 4) is 0 Å². The van der Waals surface area contributed by atoms with Gasteiger partial charge in [-0.1, -0.05) is 29.8 Å². The van der Waals surface area contributed by atoms with Gasteiger partial charge in [0.25, 0.3) is 0 Å². The maximum atomic E-state index is 14.1. The zero-order chi connectivity index (χ0) is 10.0. The van der Waals surface area contributed by atoms with Crippen molar-refractivity contribution in [2.45, 2.75) is 25.4 Å². The van der Waals surface area contributed by atoms with Crippen LogP contribution in [0.15, 0.2) is 24.3 Å². The van der Waals surface area contributed by atoms with Crippen LogP contribution in [0, 0.1) is 6.92 Å². The van der Waals surface area contributed by atoms with Crippen molar-refractivity contribution in [3.63, 3.8) is 0 Å². The molecule has 1 aromatic rings. The van der Waals surface area contributed by atoms with Crippen LogP contribution >= 0.6 is 11.8 Å². The van der Waals surface area contributed by atoms with E-state index in [9.17, 15) is 4.39 Å². The Bertz CT molecular complexity index is 316. The van der Waals surface area contributed by atoms with E-state index >= 15 is 0 Å². The standard InChI is InChI=1S/C12H15FS/c1-10-3-2-4-11(7-10)8-12(13)5-6-14-9-12/h2-4,7H,5-6,8-9H2,1H3. The monoisotopic (exact) mass is 210 g/mol. The van der Waals surface area contributed by atoms with Crippen LogP contribution in [0.25, 0.3) is 0 Å². The largest absolute Gasteiger partial charge is 0.243 e. The van der Waals surface area contributed by atoms with Gasteiger partial charge in [-0.25, -0.2) is 4.39 Å². The summed E-state index contributed by atoms with van der Waals surface area (Å²) in [6.07, 6.45) is 1.30. The van der Waals surface area contributed by atoms with Gasteiger partial charge in [0, 0.05) is 12.2 Å². The molecule has 1 aliphatic rings. The summed E-state index contributed by atoms with van der Waals surface area (Å²) < 4.78 is 14.1. The molecule has 0 saturated carbocycles. The van der Waals surface area contributed by atoms with Gasteiger partial charge in [-0.3, -0.25) is 0 Å². The van der Waals surface area contributed by atoms with Gasteiger partial charge in [0.05, 0.1) is 0 Å². The van der Waals surface area contributed by atoms with Crippen molar-refractivity contribution in [2.24, 2.45) is 0 Å². The number of rotatable bonds is 2. The van der Waals surface area contributed by atoms with Gasteiger partial charge in [-0.05, 0) is 24.7 Å². The molecule has 2 rings (SSSR count). The lowest BCUT2D eigenvalue weighted by atomic mass is 9.95. The first-order chi connectivity index (χ1) is 6.68. The third kappa shape index (κ3) is 2.30. The van der Waals surface area contributed by atoms with E-state index in [0.29, 0.717) is 18.6 Å². The smallest absolute Gasteiger partial charge is 0.124 e. The van der Waals surface area contributed by atoms with E-state index in [2.05, 4.69) is 19.1 Å². The Labute approximate surface area is 88.9 Å². The predicted octanol–water partition coefficient (Wildman–Crippen LogP) is 3.38. The Morgan fingerprint density at radius 1 is 1.50 bits per heavy atom. The number of halogens is 1. The van der Waals surface area contributed by atoms with E-state index < -0.39 is 5.67 Å². The van der Waals surface area contributed by atoms with E-state index in [-0.39, 0.29) is 0 Å². The average molecular weight is 210 g/mol. The van der Waals surface area contributed by atoms with Crippen molar-refractivity contribution >= 4 is 11.8 Å². The van der Waals surface area contributed by atoms with Crippen LogP contribution in [0.3, 0.4) is 0 Å². The average Bonchev–Trinajstić information content (AvgIpc) is 2.51. The minimum atomic E-state index is -0.946. The van der Waals surface area contributed by atoms with Crippen molar-refractivity contribution in [2.75, 3.05) is 11.5 Å². The Kier molecular flexibility index (Phi) is 2.82. The highest BCUT2D eigenvalue weighted by atomic mass is 32.2. The normalized spacial score (nSPS) is 26.7. The van der Waals surface area contributed by atoms with Gasteiger partial charge in [-0.2, -0.15) is 11.8 Å². The molecule has 1 aliphatic heterocycles. The van der Waals surface area contributed by atoms with E-state index in [0.717, 1.165) is 11.3 Å². The highest BCUT2D eigenvalue weighted by Crippen LogP contribution is 2.34. The molecule has 76 valence electrons. The molecule has 1 unspecified atom stereocenters. The highest BCUT2D eigenvalue weighted by molar-refractivity contribution is 7.99. The summed E-state index contributed by atoms with van der Waals surface area (Å²) >= 11 is 1.73. The third-order valence-corrected chi connectivity index (χ3v) is 3.87. The number of alkyl halides is 1. The molecule has 0 N–H and O–H groups in total. The summed E-state index contributed by atoms with van der Waals surface area (Å²) in [7, 11) is 0. The first kappa shape index (κ1) is 10.0. The fraction of sp³-hybridized carbons (Fsp3) is 0.500. The highest BCUT2D eigenvalue weighted by Gasteiger charge is 2.34. The summed E-state index contributed by atoms with van der Waals surface area (Å²) in [5, 5.41) is 0. The van der Waals surface area contributed by atoms with Gasteiger partial charge in [-0.15, -0.1) is 0 Å². The second-order valence-electron chi connectivity index (χ2n) is 4.12. The molecule has 0 aliphatic carbocycles. The fourth-order valence-electron chi connectivity index (χ4n) is 1.91. The molecule has 1 aromatic carbocycles. The Balaban J connectivity index is 2.10. The van der Waals surface area contributed by atoms with Crippen LogP contribution in [0.4, 0.5) is 4.39 Å². The van der Waals surface area contributed by atoms with Gasteiger partial charge in [0.15, 0.2) is 0 Å². The Morgan fingerprint density at radius 2 is 2.36 bits per heavy atom. The van der Waals surface area contributed by atoms with Crippen LogP contribution in [0.2, 0.25) is 0 Å². The number of aryl methyl sites for hydroxylation is 1. The molecule has 0 bridgehead atoms. The van der Waals surface area contributed by atoms with Gasteiger partial charge < -0.3 is 0 Å².